The van der Waals surface area contributed by atoms with Gasteiger partial charge in [0.25, 0.3) is 0 Å². The first kappa shape index (κ1) is 12.7. The summed E-state index contributed by atoms with van der Waals surface area (Å²) >= 11 is 0. The Morgan fingerprint density at radius 1 is 1.44 bits per heavy atom. The number of amides is 1. The van der Waals surface area contributed by atoms with Crippen molar-refractivity contribution in [3.8, 4) is 0 Å². The van der Waals surface area contributed by atoms with Crippen LogP contribution in [0.5, 0.6) is 0 Å². The molecule has 3 heteroatoms. The molecule has 3 nitrogen and oxygen atoms in total. The van der Waals surface area contributed by atoms with Crippen molar-refractivity contribution >= 4 is 5.91 Å². The fourth-order valence-electron chi connectivity index (χ4n) is 1.49. The Hall–Kier alpha value is -1.35. The van der Waals surface area contributed by atoms with Gasteiger partial charge in [0, 0.05) is 12.5 Å². The molecule has 0 fully saturated rings. The monoisotopic (exact) mass is 220 g/mol. The molecule has 0 radical (unpaired) electrons. The van der Waals surface area contributed by atoms with E-state index in [1.807, 2.05) is 39.0 Å². The average molecular weight is 220 g/mol. The van der Waals surface area contributed by atoms with E-state index in [0.29, 0.717) is 6.54 Å². The van der Waals surface area contributed by atoms with Crippen LogP contribution in [0.2, 0.25) is 0 Å². The lowest BCUT2D eigenvalue weighted by Crippen LogP contribution is -2.34. The van der Waals surface area contributed by atoms with E-state index in [0.717, 1.165) is 5.56 Å². The summed E-state index contributed by atoms with van der Waals surface area (Å²) in [7, 11) is 0. The number of hydrogen-bond acceptors (Lipinski definition) is 2. The van der Waals surface area contributed by atoms with E-state index in [1.165, 1.54) is 5.56 Å². The maximum Gasteiger partial charge on any atom is 0.224 e. The second-order valence-electron chi connectivity index (χ2n) is 4.28. The Morgan fingerprint density at radius 3 is 2.69 bits per heavy atom. The molecule has 88 valence electrons. The average Bonchev–Trinajstić information content (AvgIpc) is 2.27. The predicted molar refractivity (Wildman–Crippen MR) is 66.0 cm³/mol. The van der Waals surface area contributed by atoms with Crippen molar-refractivity contribution in [2.24, 2.45) is 11.7 Å². The molecule has 3 N–H and O–H groups in total. The largest absolute Gasteiger partial charge is 0.349 e. The van der Waals surface area contributed by atoms with Crippen molar-refractivity contribution in [2.45, 2.75) is 26.8 Å². The Balaban J connectivity index is 2.65. The molecular weight excluding hydrogens is 200 g/mol. The van der Waals surface area contributed by atoms with Crippen LogP contribution in [0.1, 0.15) is 31.0 Å². The first-order valence-electron chi connectivity index (χ1n) is 5.61. The molecule has 1 unspecified atom stereocenters. The zero-order chi connectivity index (χ0) is 12.1. The minimum absolute atomic E-state index is 0.0107. The highest BCUT2D eigenvalue weighted by Gasteiger charge is 2.14. The zero-order valence-corrected chi connectivity index (χ0v) is 10.2. The summed E-state index contributed by atoms with van der Waals surface area (Å²) in [6.45, 7) is 6.24. The van der Waals surface area contributed by atoms with E-state index in [-0.39, 0.29) is 17.9 Å². The van der Waals surface area contributed by atoms with Crippen LogP contribution in [0, 0.1) is 12.8 Å². The summed E-state index contributed by atoms with van der Waals surface area (Å²) in [5, 5.41) is 2.96. The van der Waals surface area contributed by atoms with E-state index >= 15 is 0 Å². The van der Waals surface area contributed by atoms with Gasteiger partial charge in [-0.25, -0.2) is 0 Å². The minimum Gasteiger partial charge on any atom is -0.349 e. The second-order valence-corrected chi connectivity index (χ2v) is 4.28. The van der Waals surface area contributed by atoms with Crippen molar-refractivity contribution in [3.63, 3.8) is 0 Å². The molecule has 0 heterocycles. The number of nitrogens with two attached hydrogens (primary N) is 1. The summed E-state index contributed by atoms with van der Waals surface area (Å²) in [5.41, 5.74) is 7.77. The van der Waals surface area contributed by atoms with Gasteiger partial charge in [-0.15, -0.1) is 0 Å². The molecule has 2 atom stereocenters. The topological polar surface area (TPSA) is 55.1 Å². The Morgan fingerprint density at radius 2 is 2.12 bits per heavy atom. The summed E-state index contributed by atoms with van der Waals surface area (Å²) in [6.07, 6.45) is 0. The molecule has 0 saturated carbocycles. The van der Waals surface area contributed by atoms with Crippen LogP contribution < -0.4 is 11.1 Å². The lowest BCUT2D eigenvalue weighted by Gasteiger charge is -2.17. The molecule has 1 rings (SSSR count). The number of carbonyl (C=O) groups excluding carboxylic acids is 1. The van der Waals surface area contributed by atoms with Crippen molar-refractivity contribution in [3.05, 3.63) is 35.4 Å². The zero-order valence-electron chi connectivity index (χ0n) is 10.2. The van der Waals surface area contributed by atoms with E-state index in [4.69, 9.17) is 5.73 Å². The van der Waals surface area contributed by atoms with Crippen LogP contribution in [-0.4, -0.2) is 12.5 Å². The van der Waals surface area contributed by atoms with E-state index in [1.54, 1.807) is 0 Å². The van der Waals surface area contributed by atoms with Gasteiger partial charge in [-0.05, 0) is 19.4 Å². The molecule has 1 aromatic rings. The standard InChI is InChI=1S/C13H20N2O/c1-9-5-4-6-12(7-9)11(3)15-13(16)10(2)8-14/h4-7,10-11H,8,14H2,1-3H3,(H,15,16)/t10?,11-/m0/s1. The first-order valence-corrected chi connectivity index (χ1v) is 5.61. The van der Waals surface area contributed by atoms with Gasteiger partial charge in [0.1, 0.15) is 0 Å². The van der Waals surface area contributed by atoms with Crippen LogP contribution in [-0.2, 0) is 4.79 Å². The summed E-state index contributed by atoms with van der Waals surface area (Å²) in [4.78, 5) is 11.7. The molecule has 0 aliphatic heterocycles. The highest BCUT2D eigenvalue weighted by atomic mass is 16.1. The van der Waals surface area contributed by atoms with Gasteiger partial charge in [-0.1, -0.05) is 36.8 Å². The fraction of sp³-hybridized carbons (Fsp3) is 0.462. The maximum absolute atomic E-state index is 11.7. The van der Waals surface area contributed by atoms with Gasteiger partial charge < -0.3 is 11.1 Å². The summed E-state index contributed by atoms with van der Waals surface area (Å²) in [6, 6.07) is 8.17. The molecule has 0 aromatic heterocycles. The van der Waals surface area contributed by atoms with Crippen LogP contribution in [0.3, 0.4) is 0 Å². The number of aryl methyl sites for hydroxylation is 1. The number of nitrogens with one attached hydrogen (secondary N) is 1. The third-order valence-corrected chi connectivity index (χ3v) is 2.70. The van der Waals surface area contributed by atoms with Crippen LogP contribution in [0.15, 0.2) is 24.3 Å². The molecule has 1 amide bonds. The molecular formula is C13H20N2O. The van der Waals surface area contributed by atoms with Gasteiger partial charge in [0.15, 0.2) is 0 Å². The molecule has 0 spiro atoms. The number of hydrogen-bond donors (Lipinski definition) is 2. The lowest BCUT2D eigenvalue weighted by atomic mass is 10.0. The van der Waals surface area contributed by atoms with Gasteiger partial charge in [-0.3, -0.25) is 4.79 Å². The molecule has 0 aliphatic rings. The SMILES string of the molecule is Cc1cccc([C@H](C)NC(=O)C(C)CN)c1. The van der Waals surface area contributed by atoms with E-state index in [2.05, 4.69) is 11.4 Å². The minimum atomic E-state index is -0.132. The third-order valence-electron chi connectivity index (χ3n) is 2.70. The Bertz CT molecular complexity index is 363. The van der Waals surface area contributed by atoms with Crippen molar-refractivity contribution in [1.82, 2.24) is 5.32 Å². The van der Waals surface area contributed by atoms with Crippen LogP contribution >= 0.6 is 0 Å². The predicted octanol–water partition coefficient (Wildman–Crippen LogP) is 1.77. The molecule has 0 aliphatic carbocycles. The molecule has 1 aromatic carbocycles. The summed E-state index contributed by atoms with van der Waals surface area (Å²) < 4.78 is 0. The smallest absolute Gasteiger partial charge is 0.224 e. The van der Waals surface area contributed by atoms with Crippen molar-refractivity contribution in [2.75, 3.05) is 6.54 Å². The van der Waals surface area contributed by atoms with E-state index in [9.17, 15) is 4.79 Å². The molecule has 16 heavy (non-hydrogen) atoms. The van der Waals surface area contributed by atoms with Gasteiger partial charge in [0.2, 0.25) is 5.91 Å². The van der Waals surface area contributed by atoms with Crippen molar-refractivity contribution < 1.29 is 4.79 Å². The third kappa shape index (κ3) is 3.35. The van der Waals surface area contributed by atoms with E-state index < -0.39 is 0 Å². The van der Waals surface area contributed by atoms with Gasteiger partial charge >= 0.3 is 0 Å². The highest BCUT2D eigenvalue weighted by molar-refractivity contribution is 5.78. The quantitative estimate of drug-likeness (QED) is 0.812. The number of rotatable bonds is 4. The summed E-state index contributed by atoms with van der Waals surface area (Å²) in [5.74, 6) is -0.122. The Kier molecular flexibility index (Phi) is 4.50. The Labute approximate surface area is 97.0 Å². The van der Waals surface area contributed by atoms with Crippen LogP contribution in [0.25, 0.3) is 0 Å². The van der Waals surface area contributed by atoms with Gasteiger partial charge in [-0.2, -0.15) is 0 Å². The maximum atomic E-state index is 11.7. The molecule has 0 bridgehead atoms. The first-order chi connectivity index (χ1) is 7.54. The number of benzene rings is 1. The highest BCUT2D eigenvalue weighted by Crippen LogP contribution is 2.14. The normalized spacial score (nSPS) is 14.2. The van der Waals surface area contributed by atoms with Crippen LogP contribution in [0.4, 0.5) is 0 Å². The number of carbonyl (C=O) groups is 1. The second kappa shape index (κ2) is 5.66. The van der Waals surface area contributed by atoms with Crippen molar-refractivity contribution in [1.29, 1.82) is 0 Å². The lowest BCUT2D eigenvalue weighted by molar-refractivity contribution is -0.124. The molecule has 0 saturated heterocycles. The fourth-order valence-corrected chi connectivity index (χ4v) is 1.49. The van der Waals surface area contributed by atoms with Gasteiger partial charge in [0.05, 0.1) is 6.04 Å².